The van der Waals surface area contributed by atoms with Crippen molar-refractivity contribution < 1.29 is 9.32 Å². The Morgan fingerprint density at radius 1 is 1.33 bits per heavy atom. The van der Waals surface area contributed by atoms with Crippen LogP contribution in [0.2, 0.25) is 0 Å². The van der Waals surface area contributed by atoms with Gasteiger partial charge in [0.1, 0.15) is 5.01 Å². The van der Waals surface area contributed by atoms with Crippen LogP contribution in [-0.4, -0.2) is 32.5 Å². The number of amides is 1. The molecule has 1 amide bonds. The number of carbonyl (C=O) groups is 1. The van der Waals surface area contributed by atoms with E-state index in [1.165, 1.54) is 19.3 Å². The van der Waals surface area contributed by atoms with Crippen molar-refractivity contribution in [3.63, 3.8) is 0 Å². The Morgan fingerprint density at radius 2 is 2.25 bits per heavy atom. The molecule has 0 N–H and O–H groups in total. The van der Waals surface area contributed by atoms with Crippen molar-refractivity contribution in [2.75, 3.05) is 6.54 Å². The number of aryl methyl sites for hydroxylation is 1. The van der Waals surface area contributed by atoms with Crippen LogP contribution in [0.15, 0.2) is 16.1 Å². The van der Waals surface area contributed by atoms with Crippen LogP contribution in [0.5, 0.6) is 0 Å². The maximum atomic E-state index is 12.7. The quantitative estimate of drug-likeness (QED) is 0.801. The van der Waals surface area contributed by atoms with Crippen molar-refractivity contribution in [2.24, 2.45) is 0 Å². The standard InChI is InChI=1S/C17H22N4O2S/c22-15(6-3-5-14-19-16(20-23-14)12-7-8-12)21-10-2-1-4-13(21)17-18-9-11-24-17/h9,11-13H,1-8,10H2/t13-/m1/s1. The summed E-state index contributed by atoms with van der Waals surface area (Å²) < 4.78 is 5.28. The minimum atomic E-state index is 0.163. The lowest BCUT2D eigenvalue weighted by atomic mass is 10.0. The zero-order valence-electron chi connectivity index (χ0n) is 13.7. The predicted molar refractivity (Wildman–Crippen MR) is 89.6 cm³/mol. The van der Waals surface area contributed by atoms with E-state index in [0.717, 1.165) is 36.6 Å². The number of rotatable bonds is 6. The molecule has 1 saturated carbocycles. The summed E-state index contributed by atoms with van der Waals surface area (Å²) >= 11 is 1.64. The Kier molecular flexibility index (Phi) is 4.60. The van der Waals surface area contributed by atoms with Gasteiger partial charge in [-0.2, -0.15) is 4.98 Å². The summed E-state index contributed by atoms with van der Waals surface area (Å²) in [4.78, 5) is 23.5. The maximum absolute atomic E-state index is 12.7. The van der Waals surface area contributed by atoms with Crippen molar-refractivity contribution >= 4 is 17.2 Å². The first-order chi connectivity index (χ1) is 11.8. The molecule has 1 aliphatic heterocycles. The first kappa shape index (κ1) is 15.7. The summed E-state index contributed by atoms with van der Waals surface area (Å²) in [5.74, 6) is 2.24. The highest BCUT2D eigenvalue weighted by molar-refractivity contribution is 7.09. The molecule has 2 aromatic heterocycles. The van der Waals surface area contributed by atoms with E-state index in [4.69, 9.17) is 4.52 Å². The van der Waals surface area contributed by atoms with Crippen LogP contribution in [0.25, 0.3) is 0 Å². The van der Waals surface area contributed by atoms with E-state index >= 15 is 0 Å². The average Bonchev–Trinajstić information content (AvgIpc) is 3.12. The molecule has 0 spiro atoms. The molecule has 2 aromatic rings. The second kappa shape index (κ2) is 7.01. The van der Waals surface area contributed by atoms with Crippen LogP contribution in [0.3, 0.4) is 0 Å². The molecule has 2 fully saturated rings. The monoisotopic (exact) mass is 346 g/mol. The van der Waals surface area contributed by atoms with Gasteiger partial charge >= 0.3 is 0 Å². The molecule has 0 bridgehead atoms. The van der Waals surface area contributed by atoms with Gasteiger partial charge in [0.2, 0.25) is 11.8 Å². The molecule has 2 aliphatic rings. The van der Waals surface area contributed by atoms with Crippen molar-refractivity contribution in [3.8, 4) is 0 Å². The number of hydrogen-bond acceptors (Lipinski definition) is 6. The van der Waals surface area contributed by atoms with Gasteiger partial charge in [0, 0.05) is 36.9 Å². The Morgan fingerprint density at radius 3 is 3.04 bits per heavy atom. The van der Waals surface area contributed by atoms with Crippen molar-refractivity contribution in [1.29, 1.82) is 0 Å². The third kappa shape index (κ3) is 3.50. The lowest BCUT2D eigenvalue weighted by molar-refractivity contribution is -0.135. The third-order valence-corrected chi connectivity index (χ3v) is 5.64. The van der Waals surface area contributed by atoms with Crippen LogP contribution in [0.4, 0.5) is 0 Å². The zero-order valence-corrected chi connectivity index (χ0v) is 14.5. The highest BCUT2D eigenvalue weighted by Crippen LogP contribution is 2.38. The van der Waals surface area contributed by atoms with Gasteiger partial charge in [-0.15, -0.1) is 11.3 Å². The second-order valence-electron chi connectivity index (χ2n) is 6.64. The number of piperidine rings is 1. The maximum Gasteiger partial charge on any atom is 0.226 e. The number of hydrogen-bond donors (Lipinski definition) is 0. The van der Waals surface area contributed by atoms with Gasteiger partial charge in [-0.05, 0) is 38.5 Å². The van der Waals surface area contributed by atoms with Crippen LogP contribution in [-0.2, 0) is 11.2 Å². The number of nitrogens with zero attached hydrogens (tertiary/aromatic N) is 4. The molecular formula is C17H22N4O2S. The molecule has 0 unspecified atom stereocenters. The third-order valence-electron chi connectivity index (χ3n) is 4.77. The van der Waals surface area contributed by atoms with Crippen LogP contribution in [0, 0.1) is 0 Å². The Balaban J connectivity index is 1.30. The summed E-state index contributed by atoms with van der Waals surface area (Å²) in [5, 5.41) is 7.07. The van der Waals surface area contributed by atoms with Crippen molar-refractivity contribution in [2.45, 2.75) is 63.3 Å². The first-order valence-electron chi connectivity index (χ1n) is 8.82. The lowest BCUT2D eigenvalue weighted by Crippen LogP contribution is -2.38. The molecule has 1 aliphatic carbocycles. The molecule has 7 heteroatoms. The van der Waals surface area contributed by atoms with Crippen LogP contribution in [0.1, 0.15) is 73.6 Å². The van der Waals surface area contributed by atoms with E-state index in [-0.39, 0.29) is 11.9 Å². The van der Waals surface area contributed by atoms with Gasteiger partial charge in [-0.1, -0.05) is 5.16 Å². The van der Waals surface area contributed by atoms with Crippen LogP contribution < -0.4 is 0 Å². The van der Waals surface area contributed by atoms with E-state index in [1.54, 1.807) is 11.3 Å². The van der Waals surface area contributed by atoms with Gasteiger partial charge in [0.05, 0.1) is 6.04 Å². The van der Waals surface area contributed by atoms with E-state index in [9.17, 15) is 4.79 Å². The normalized spacial score (nSPS) is 21.2. The fraction of sp³-hybridized carbons (Fsp3) is 0.647. The van der Waals surface area contributed by atoms with Gasteiger partial charge < -0.3 is 9.42 Å². The topological polar surface area (TPSA) is 72.1 Å². The SMILES string of the molecule is O=C(CCCc1nc(C2CC2)no1)N1CCCC[C@@H]1c1nccs1. The Hall–Kier alpha value is -1.76. The average molecular weight is 346 g/mol. The molecule has 0 aromatic carbocycles. The Bertz CT molecular complexity index is 681. The van der Waals surface area contributed by atoms with Gasteiger partial charge in [-0.25, -0.2) is 4.98 Å². The molecule has 3 heterocycles. The van der Waals surface area contributed by atoms with E-state index in [0.29, 0.717) is 24.7 Å². The highest BCUT2D eigenvalue weighted by atomic mass is 32.1. The number of aromatic nitrogens is 3. The second-order valence-corrected chi connectivity index (χ2v) is 7.57. The highest BCUT2D eigenvalue weighted by Gasteiger charge is 2.30. The predicted octanol–water partition coefficient (Wildman–Crippen LogP) is 3.48. The molecule has 0 radical (unpaired) electrons. The zero-order chi connectivity index (χ0) is 16.4. The van der Waals surface area contributed by atoms with Crippen LogP contribution >= 0.6 is 11.3 Å². The molecular weight excluding hydrogens is 324 g/mol. The number of carbonyl (C=O) groups excluding carboxylic acids is 1. The Labute approximate surface area is 145 Å². The molecule has 4 rings (SSSR count). The lowest BCUT2D eigenvalue weighted by Gasteiger charge is -2.34. The first-order valence-corrected chi connectivity index (χ1v) is 9.70. The summed E-state index contributed by atoms with van der Waals surface area (Å²) in [6.45, 7) is 0.843. The van der Waals surface area contributed by atoms with E-state index in [1.807, 2.05) is 16.5 Å². The number of likely N-dealkylation sites (tertiary alicyclic amines) is 1. The summed E-state index contributed by atoms with van der Waals surface area (Å²) in [5.41, 5.74) is 0. The van der Waals surface area contributed by atoms with Gasteiger partial charge in [0.25, 0.3) is 0 Å². The van der Waals surface area contributed by atoms with E-state index in [2.05, 4.69) is 15.1 Å². The van der Waals surface area contributed by atoms with Gasteiger partial charge in [-0.3, -0.25) is 4.79 Å². The van der Waals surface area contributed by atoms with Crippen molar-refractivity contribution in [1.82, 2.24) is 20.0 Å². The molecule has 6 nitrogen and oxygen atoms in total. The van der Waals surface area contributed by atoms with Crippen molar-refractivity contribution in [3.05, 3.63) is 28.3 Å². The molecule has 24 heavy (non-hydrogen) atoms. The summed E-state index contributed by atoms with van der Waals surface area (Å²) in [6.07, 6.45) is 9.41. The fourth-order valence-electron chi connectivity index (χ4n) is 3.30. The molecule has 1 atom stereocenters. The fourth-order valence-corrected chi connectivity index (χ4v) is 4.08. The largest absolute Gasteiger partial charge is 0.339 e. The minimum absolute atomic E-state index is 0.163. The smallest absolute Gasteiger partial charge is 0.226 e. The summed E-state index contributed by atoms with van der Waals surface area (Å²) in [7, 11) is 0. The number of thiazole rings is 1. The minimum Gasteiger partial charge on any atom is -0.339 e. The summed E-state index contributed by atoms with van der Waals surface area (Å²) in [6, 6.07) is 0.163. The van der Waals surface area contributed by atoms with E-state index < -0.39 is 0 Å². The molecule has 1 saturated heterocycles. The van der Waals surface area contributed by atoms with Gasteiger partial charge in [0.15, 0.2) is 5.82 Å². The molecule has 128 valence electrons.